The molecule has 0 aliphatic carbocycles. The van der Waals surface area contributed by atoms with E-state index in [0.29, 0.717) is 0 Å². The second-order valence-corrected chi connectivity index (χ2v) is 8.62. The van der Waals surface area contributed by atoms with E-state index in [1.165, 1.54) is 21.6 Å². The summed E-state index contributed by atoms with van der Waals surface area (Å²) in [6.45, 7) is 4.44. The molecule has 0 amide bonds. The molecule has 5 rings (SSSR count). The molecule has 2 aromatic carbocycles. The molecule has 0 N–H and O–H groups in total. The van der Waals surface area contributed by atoms with E-state index in [2.05, 4.69) is 78.8 Å². The van der Waals surface area contributed by atoms with Gasteiger partial charge in [0.15, 0.2) is 0 Å². The van der Waals surface area contributed by atoms with Gasteiger partial charge in [0.2, 0.25) is 0 Å². The van der Waals surface area contributed by atoms with Crippen molar-refractivity contribution in [3.05, 3.63) is 88.9 Å². The van der Waals surface area contributed by atoms with Crippen molar-refractivity contribution in [1.29, 1.82) is 0 Å². The third-order valence-electron chi connectivity index (χ3n) is 5.11. The summed E-state index contributed by atoms with van der Waals surface area (Å²) < 4.78 is 0. The molecule has 0 radical (unpaired) electrons. The second-order valence-electron chi connectivity index (χ2n) is 7.68. The molecule has 1 aliphatic rings. The van der Waals surface area contributed by atoms with E-state index in [1.807, 2.05) is 12.3 Å². The maximum Gasteiger partial charge on any atom is 0.0744 e. The number of pyridine rings is 1. The van der Waals surface area contributed by atoms with Crippen molar-refractivity contribution in [3.63, 3.8) is 0 Å². The quantitative estimate of drug-likeness (QED) is 0.417. The Labute approximate surface area is 163 Å². The lowest BCUT2D eigenvalue weighted by atomic mass is 9.82. The zero-order chi connectivity index (χ0) is 18.4. The molecular formula is C24H20N2S. The lowest BCUT2D eigenvalue weighted by molar-refractivity contribution is 0.514. The van der Waals surface area contributed by atoms with Crippen molar-refractivity contribution in [2.45, 2.75) is 25.8 Å². The summed E-state index contributed by atoms with van der Waals surface area (Å²) in [7, 11) is 0. The molecule has 4 aromatic rings. The van der Waals surface area contributed by atoms with Gasteiger partial charge in [0.25, 0.3) is 0 Å². The highest BCUT2D eigenvalue weighted by Crippen LogP contribution is 2.37. The first-order chi connectivity index (χ1) is 13.1. The molecule has 2 nitrogen and oxygen atoms in total. The van der Waals surface area contributed by atoms with Crippen LogP contribution < -0.4 is 0 Å². The predicted molar refractivity (Wildman–Crippen MR) is 115 cm³/mol. The third kappa shape index (κ3) is 2.88. The van der Waals surface area contributed by atoms with E-state index in [9.17, 15) is 0 Å². The molecular weight excluding hydrogens is 348 g/mol. The minimum atomic E-state index is -0.138. The fraction of sp³-hybridized carbons (Fsp3) is 0.167. The van der Waals surface area contributed by atoms with Crippen molar-refractivity contribution in [2.24, 2.45) is 4.99 Å². The van der Waals surface area contributed by atoms with Gasteiger partial charge in [-0.15, -0.1) is 11.3 Å². The van der Waals surface area contributed by atoms with Crippen LogP contribution in [0.25, 0.3) is 21.3 Å². The van der Waals surface area contributed by atoms with Crippen LogP contribution in [0.1, 0.15) is 30.5 Å². The molecule has 132 valence electrons. The van der Waals surface area contributed by atoms with Crippen molar-refractivity contribution >= 4 is 28.0 Å². The molecule has 3 heteroatoms. The first-order valence-electron chi connectivity index (χ1n) is 9.22. The summed E-state index contributed by atoms with van der Waals surface area (Å²) in [6, 6.07) is 21.4. The van der Waals surface area contributed by atoms with Gasteiger partial charge in [-0.25, -0.2) is 0 Å². The van der Waals surface area contributed by atoms with E-state index in [4.69, 9.17) is 4.99 Å². The first-order valence-corrected chi connectivity index (χ1v) is 10.1. The fourth-order valence-electron chi connectivity index (χ4n) is 3.92. The zero-order valence-corrected chi connectivity index (χ0v) is 16.3. The topological polar surface area (TPSA) is 25.2 Å². The van der Waals surface area contributed by atoms with Gasteiger partial charge in [0.05, 0.1) is 16.8 Å². The van der Waals surface area contributed by atoms with Crippen LogP contribution in [0.3, 0.4) is 0 Å². The first kappa shape index (κ1) is 16.4. The minimum Gasteiger partial charge on any atom is -0.278 e. The van der Waals surface area contributed by atoms with Gasteiger partial charge in [-0.1, -0.05) is 42.5 Å². The van der Waals surface area contributed by atoms with E-state index in [1.54, 1.807) is 11.3 Å². The number of rotatable bonds is 2. The molecule has 3 heterocycles. The molecule has 0 atom stereocenters. The molecule has 0 bridgehead atoms. The smallest absolute Gasteiger partial charge is 0.0744 e. The summed E-state index contributed by atoms with van der Waals surface area (Å²) in [4.78, 5) is 11.1. The van der Waals surface area contributed by atoms with Crippen LogP contribution in [0.15, 0.2) is 77.2 Å². The molecule has 1 aliphatic heterocycles. The highest BCUT2D eigenvalue weighted by Gasteiger charge is 2.29. The van der Waals surface area contributed by atoms with Gasteiger partial charge in [-0.3, -0.25) is 9.98 Å². The summed E-state index contributed by atoms with van der Waals surface area (Å²) in [5.41, 5.74) is 6.98. The Morgan fingerprint density at radius 2 is 1.78 bits per heavy atom. The van der Waals surface area contributed by atoms with Crippen LogP contribution in [0.4, 0.5) is 0 Å². The maximum atomic E-state index is 5.14. The number of aliphatic imine (C=N–C) groups is 1. The minimum absolute atomic E-state index is 0.138. The van der Waals surface area contributed by atoms with E-state index in [-0.39, 0.29) is 5.54 Å². The Hall–Kier alpha value is -2.78. The van der Waals surface area contributed by atoms with Gasteiger partial charge in [0.1, 0.15) is 0 Å². The molecule has 2 aromatic heterocycles. The number of thiophene rings is 1. The van der Waals surface area contributed by atoms with E-state index < -0.39 is 0 Å². The van der Waals surface area contributed by atoms with Gasteiger partial charge in [0, 0.05) is 27.6 Å². The highest BCUT2D eigenvalue weighted by molar-refractivity contribution is 7.13. The number of hydrogen-bond acceptors (Lipinski definition) is 3. The fourth-order valence-corrected chi connectivity index (χ4v) is 4.70. The van der Waals surface area contributed by atoms with Crippen LogP contribution in [0, 0.1) is 0 Å². The molecule has 0 unspecified atom stereocenters. The van der Waals surface area contributed by atoms with Gasteiger partial charge >= 0.3 is 0 Å². The van der Waals surface area contributed by atoms with Crippen molar-refractivity contribution in [3.8, 4) is 10.4 Å². The lowest BCUT2D eigenvalue weighted by Gasteiger charge is -2.30. The van der Waals surface area contributed by atoms with Crippen molar-refractivity contribution < 1.29 is 0 Å². The van der Waals surface area contributed by atoms with Crippen LogP contribution in [0.2, 0.25) is 0 Å². The molecule has 0 spiro atoms. The SMILES string of the molecule is CC1(C)Cc2c(cccc2-c2cccs2)C(c2cnc3ccccc3c2)=N1. The van der Waals surface area contributed by atoms with Crippen LogP contribution in [-0.4, -0.2) is 16.2 Å². The number of para-hydroxylation sites is 1. The van der Waals surface area contributed by atoms with E-state index >= 15 is 0 Å². The van der Waals surface area contributed by atoms with Crippen molar-refractivity contribution in [2.75, 3.05) is 0 Å². The van der Waals surface area contributed by atoms with Gasteiger partial charge in [-0.05, 0) is 55.0 Å². The average molecular weight is 369 g/mol. The largest absolute Gasteiger partial charge is 0.278 e. The summed E-state index contributed by atoms with van der Waals surface area (Å²) in [5, 5.41) is 3.29. The highest BCUT2D eigenvalue weighted by atomic mass is 32.1. The molecule has 27 heavy (non-hydrogen) atoms. The molecule has 0 fully saturated rings. The second kappa shape index (κ2) is 6.14. The maximum absolute atomic E-state index is 5.14. The zero-order valence-electron chi connectivity index (χ0n) is 15.4. The Morgan fingerprint density at radius 1 is 0.926 bits per heavy atom. The average Bonchev–Trinajstić information content (AvgIpc) is 3.20. The normalized spacial score (nSPS) is 15.4. The number of aromatic nitrogens is 1. The van der Waals surface area contributed by atoms with E-state index in [0.717, 1.165) is 28.6 Å². The number of hydrogen-bond donors (Lipinski definition) is 0. The Balaban J connectivity index is 1.73. The Morgan fingerprint density at radius 3 is 2.63 bits per heavy atom. The van der Waals surface area contributed by atoms with Gasteiger partial charge < -0.3 is 0 Å². The Kier molecular flexibility index (Phi) is 3.73. The van der Waals surface area contributed by atoms with Crippen molar-refractivity contribution in [1.82, 2.24) is 4.98 Å². The van der Waals surface area contributed by atoms with Crippen LogP contribution in [-0.2, 0) is 6.42 Å². The number of fused-ring (bicyclic) bond motifs is 2. The lowest BCUT2D eigenvalue weighted by Crippen LogP contribution is -2.30. The number of nitrogens with zero attached hydrogens (tertiary/aromatic N) is 2. The predicted octanol–water partition coefficient (Wildman–Crippen LogP) is 6.14. The molecule has 0 saturated heterocycles. The summed E-state index contributed by atoms with van der Waals surface area (Å²) >= 11 is 1.80. The number of benzene rings is 2. The third-order valence-corrected chi connectivity index (χ3v) is 6.01. The monoisotopic (exact) mass is 368 g/mol. The summed E-state index contributed by atoms with van der Waals surface area (Å²) in [5.74, 6) is 0. The van der Waals surface area contributed by atoms with Gasteiger partial charge in [-0.2, -0.15) is 0 Å². The molecule has 0 saturated carbocycles. The van der Waals surface area contributed by atoms with Crippen LogP contribution >= 0.6 is 11.3 Å². The van der Waals surface area contributed by atoms with Crippen LogP contribution in [0.5, 0.6) is 0 Å². The Bertz CT molecular complexity index is 1170. The summed E-state index contributed by atoms with van der Waals surface area (Å²) in [6.07, 6.45) is 2.91. The standard InChI is InChI=1S/C24H20N2S/c1-24(2)14-20-18(22-11-6-12-27-22)8-5-9-19(20)23(26-24)17-13-16-7-3-4-10-21(16)25-15-17/h3-13,15H,14H2,1-2H3.